The van der Waals surface area contributed by atoms with E-state index < -0.39 is 0 Å². The van der Waals surface area contributed by atoms with Crippen LogP contribution in [0.25, 0.3) is 0 Å². The quantitative estimate of drug-likeness (QED) is 0.730. The molecular weight excluding hydrogens is 218 g/mol. The molecule has 1 aliphatic rings. The maximum absolute atomic E-state index is 11.6. The molecule has 0 bridgehead atoms. The summed E-state index contributed by atoms with van der Waals surface area (Å²) in [5, 5.41) is 13.8. The molecule has 6 heteroatoms. The van der Waals surface area contributed by atoms with Crippen molar-refractivity contribution in [2.45, 2.75) is 25.8 Å². The second kappa shape index (κ2) is 5.27. The van der Waals surface area contributed by atoms with Gasteiger partial charge in [-0.1, -0.05) is 0 Å². The molecule has 0 aromatic carbocycles. The highest BCUT2D eigenvalue weighted by molar-refractivity contribution is 5.78. The van der Waals surface area contributed by atoms with Crippen LogP contribution in [0.15, 0.2) is 6.33 Å². The van der Waals surface area contributed by atoms with Crippen molar-refractivity contribution in [2.75, 3.05) is 13.1 Å². The number of amides is 1. The highest BCUT2D eigenvalue weighted by atomic mass is 16.2. The number of hydrogen-bond donors (Lipinski definition) is 2. The molecule has 1 saturated carbocycles. The van der Waals surface area contributed by atoms with Crippen LogP contribution in [0.5, 0.6) is 0 Å². The van der Waals surface area contributed by atoms with E-state index in [2.05, 4.69) is 20.8 Å². The van der Waals surface area contributed by atoms with Crippen LogP contribution in [0.4, 0.5) is 0 Å². The van der Waals surface area contributed by atoms with Crippen molar-refractivity contribution in [1.29, 1.82) is 0 Å². The van der Waals surface area contributed by atoms with Crippen LogP contribution in [-0.2, 0) is 11.8 Å². The van der Waals surface area contributed by atoms with Crippen LogP contribution < -0.4 is 10.6 Å². The Kier molecular flexibility index (Phi) is 3.73. The molecule has 1 amide bonds. The van der Waals surface area contributed by atoms with Crippen LogP contribution >= 0.6 is 0 Å². The highest BCUT2D eigenvalue weighted by Crippen LogP contribution is 2.27. The van der Waals surface area contributed by atoms with Gasteiger partial charge in [-0.3, -0.25) is 4.79 Å². The third kappa shape index (κ3) is 3.52. The Morgan fingerprint density at radius 1 is 1.65 bits per heavy atom. The largest absolute Gasteiger partial charge is 0.345 e. The number of carbonyl (C=O) groups excluding carboxylic acids is 1. The van der Waals surface area contributed by atoms with E-state index in [0.717, 1.165) is 18.3 Å². The summed E-state index contributed by atoms with van der Waals surface area (Å²) >= 11 is 0. The molecule has 94 valence electrons. The average Bonchev–Trinajstić information content (AvgIpc) is 2.99. The summed E-state index contributed by atoms with van der Waals surface area (Å²) in [6, 6.07) is -0.113. The first-order chi connectivity index (χ1) is 8.16. The van der Waals surface area contributed by atoms with E-state index in [4.69, 9.17) is 0 Å². The molecule has 0 spiro atoms. The zero-order chi connectivity index (χ0) is 12.3. The number of nitrogens with one attached hydrogen (secondary N) is 2. The van der Waals surface area contributed by atoms with Gasteiger partial charge < -0.3 is 15.2 Å². The fourth-order valence-corrected chi connectivity index (χ4v) is 1.75. The summed E-state index contributed by atoms with van der Waals surface area (Å²) in [6.07, 6.45) is 4.22. The van der Waals surface area contributed by atoms with Crippen LogP contribution in [-0.4, -0.2) is 33.8 Å². The third-order valence-electron chi connectivity index (χ3n) is 2.93. The zero-order valence-electron chi connectivity index (χ0n) is 10.3. The van der Waals surface area contributed by atoms with E-state index >= 15 is 0 Å². The van der Waals surface area contributed by atoms with Gasteiger partial charge in [0.05, 0.1) is 12.6 Å². The minimum absolute atomic E-state index is 0.00106. The first-order valence-corrected chi connectivity index (χ1v) is 6.01. The Hall–Kier alpha value is -1.43. The lowest BCUT2D eigenvalue weighted by atomic mass is 10.3. The molecule has 1 aromatic rings. The Balaban J connectivity index is 1.71. The molecular formula is C11H19N5O. The van der Waals surface area contributed by atoms with Gasteiger partial charge in [0, 0.05) is 7.05 Å². The first kappa shape index (κ1) is 12.0. The van der Waals surface area contributed by atoms with Crippen molar-refractivity contribution in [3.63, 3.8) is 0 Å². The smallest absolute Gasteiger partial charge is 0.234 e. The first-order valence-electron chi connectivity index (χ1n) is 6.01. The number of nitrogens with zero attached hydrogens (tertiary/aromatic N) is 3. The van der Waals surface area contributed by atoms with Crippen LogP contribution in [0, 0.1) is 5.92 Å². The third-order valence-corrected chi connectivity index (χ3v) is 2.93. The van der Waals surface area contributed by atoms with E-state index in [1.54, 1.807) is 6.33 Å². The Labute approximate surface area is 101 Å². The van der Waals surface area contributed by atoms with Gasteiger partial charge in [-0.2, -0.15) is 0 Å². The minimum atomic E-state index is -0.113. The van der Waals surface area contributed by atoms with E-state index in [-0.39, 0.29) is 11.9 Å². The van der Waals surface area contributed by atoms with Crippen LogP contribution in [0.1, 0.15) is 31.6 Å². The molecule has 2 rings (SSSR count). The normalized spacial score (nSPS) is 16.8. The van der Waals surface area contributed by atoms with Crippen LogP contribution in [0.2, 0.25) is 0 Å². The number of aryl methyl sites for hydroxylation is 1. The van der Waals surface area contributed by atoms with E-state index in [9.17, 15) is 4.79 Å². The van der Waals surface area contributed by atoms with E-state index in [1.807, 2.05) is 18.5 Å². The SMILES string of the molecule is CC(NC(=O)CNCC1CC1)c1nncn1C. The fourth-order valence-electron chi connectivity index (χ4n) is 1.75. The summed E-state index contributed by atoms with van der Waals surface area (Å²) < 4.78 is 1.81. The molecule has 0 saturated heterocycles. The molecule has 1 aliphatic carbocycles. The fraction of sp³-hybridized carbons (Fsp3) is 0.727. The monoisotopic (exact) mass is 237 g/mol. The second-order valence-electron chi connectivity index (χ2n) is 4.66. The maximum atomic E-state index is 11.6. The lowest BCUT2D eigenvalue weighted by Gasteiger charge is -2.13. The maximum Gasteiger partial charge on any atom is 0.234 e. The standard InChI is InChI=1S/C11H19N5O/c1-8(11-15-13-7-16(11)2)14-10(17)6-12-5-9-3-4-9/h7-9,12H,3-6H2,1-2H3,(H,14,17). The summed E-state index contributed by atoms with van der Waals surface area (Å²) in [7, 11) is 1.86. The molecule has 0 aliphatic heterocycles. The predicted molar refractivity (Wildman–Crippen MR) is 63.2 cm³/mol. The summed E-state index contributed by atoms with van der Waals surface area (Å²) in [5.74, 6) is 1.56. The van der Waals surface area contributed by atoms with Crippen LogP contribution in [0.3, 0.4) is 0 Å². The number of carbonyl (C=O) groups is 1. The Morgan fingerprint density at radius 3 is 3.00 bits per heavy atom. The molecule has 1 fully saturated rings. The number of aromatic nitrogens is 3. The van der Waals surface area contributed by atoms with Gasteiger partial charge in [-0.25, -0.2) is 0 Å². The van der Waals surface area contributed by atoms with Crippen molar-refractivity contribution >= 4 is 5.91 Å². The summed E-state index contributed by atoms with van der Waals surface area (Å²) in [6.45, 7) is 3.23. The Morgan fingerprint density at radius 2 is 2.41 bits per heavy atom. The van der Waals surface area contributed by atoms with Crippen molar-refractivity contribution in [3.05, 3.63) is 12.2 Å². The predicted octanol–water partition coefficient (Wildman–Crippen LogP) is -0.00810. The van der Waals surface area contributed by atoms with E-state index in [0.29, 0.717) is 6.54 Å². The topological polar surface area (TPSA) is 71.8 Å². The molecule has 1 atom stereocenters. The second-order valence-corrected chi connectivity index (χ2v) is 4.66. The van der Waals surface area contributed by atoms with Crippen molar-refractivity contribution in [1.82, 2.24) is 25.4 Å². The molecule has 17 heavy (non-hydrogen) atoms. The van der Waals surface area contributed by atoms with Gasteiger partial charge >= 0.3 is 0 Å². The molecule has 1 aromatic heterocycles. The van der Waals surface area contributed by atoms with Crippen molar-refractivity contribution < 1.29 is 4.79 Å². The molecule has 6 nitrogen and oxygen atoms in total. The van der Waals surface area contributed by atoms with Gasteiger partial charge in [0.2, 0.25) is 5.91 Å². The van der Waals surface area contributed by atoms with Gasteiger partial charge in [0.25, 0.3) is 0 Å². The van der Waals surface area contributed by atoms with Gasteiger partial charge in [-0.05, 0) is 32.2 Å². The molecule has 1 heterocycles. The van der Waals surface area contributed by atoms with E-state index in [1.165, 1.54) is 12.8 Å². The lowest BCUT2D eigenvalue weighted by molar-refractivity contribution is -0.120. The zero-order valence-corrected chi connectivity index (χ0v) is 10.3. The number of hydrogen-bond acceptors (Lipinski definition) is 4. The Bertz CT molecular complexity index is 385. The lowest BCUT2D eigenvalue weighted by Crippen LogP contribution is -2.36. The molecule has 2 N–H and O–H groups in total. The van der Waals surface area contributed by atoms with Crippen molar-refractivity contribution in [2.24, 2.45) is 13.0 Å². The average molecular weight is 237 g/mol. The minimum Gasteiger partial charge on any atom is -0.345 e. The summed E-state index contributed by atoms with van der Waals surface area (Å²) in [4.78, 5) is 11.6. The molecule has 0 radical (unpaired) electrons. The van der Waals surface area contributed by atoms with Crippen molar-refractivity contribution in [3.8, 4) is 0 Å². The highest BCUT2D eigenvalue weighted by Gasteiger charge is 2.21. The van der Waals surface area contributed by atoms with Gasteiger partial charge in [0.1, 0.15) is 6.33 Å². The summed E-state index contributed by atoms with van der Waals surface area (Å²) in [5.41, 5.74) is 0. The van der Waals surface area contributed by atoms with Gasteiger partial charge in [-0.15, -0.1) is 10.2 Å². The molecule has 1 unspecified atom stereocenters. The van der Waals surface area contributed by atoms with Gasteiger partial charge in [0.15, 0.2) is 5.82 Å². The number of rotatable bonds is 6.